The molecule has 0 saturated carbocycles. The molecule has 3 rings (SSSR count). The number of thiazole rings is 1. The molecule has 0 bridgehead atoms. The van der Waals surface area contributed by atoms with Gasteiger partial charge in [0.15, 0.2) is 0 Å². The van der Waals surface area contributed by atoms with Crippen LogP contribution in [0, 0.1) is 0 Å². The SMILES string of the molecule is NCCOc1ccc(-c2csc(CCc3ccccc3)n2)cc1. The predicted molar refractivity (Wildman–Crippen MR) is 95.9 cm³/mol. The molecule has 0 fully saturated rings. The van der Waals surface area contributed by atoms with Gasteiger partial charge < -0.3 is 10.5 Å². The maximum atomic E-state index is 5.50. The van der Waals surface area contributed by atoms with Crippen molar-refractivity contribution in [1.82, 2.24) is 4.98 Å². The Balaban J connectivity index is 1.62. The van der Waals surface area contributed by atoms with Gasteiger partial charge in [0.1, 0.15) is 12.4 Å². The number of nitrogens with two attached hydrogens (primary N) is 1. The van der Waals surface area contributed by atoms with E-state index in [1.54, 1.807) is 11.3 Å². The zero-order chi connectivity index (χ0) is 15.9. The summed E-state index contributed by atoms with van der Waals surface area (Å²) in [6.07, 6.45) is 2.01. The number of nitrogens with zero attached hydrogens (tertiary/aromatic N) is 1. The van der Waals surface area contributed by atoms with E-state index < -0.39 is 0 Å². The monoisotopic (exact) mass is 324 g/mol. The smallest absolute Gasteiger partial charge is 0.119 e. The summed E-state index contributed by atoms with van der Waals surface area (Å²) >= 11 is 1.72. The van der Waals surface area contributed by atoms with E-state index in [2.05, 4.69) is 29.6 Å². The van der Waals surface area contributed by atoms with Crippen LogP contribution in [0.2, 0.25) is 0 Å². The lowest BCUT2D eigenvalue weighted by molar-refractivity contribution is 0.328. The first-order valence-corrected chi connectivity index (χ1v) is 8.65. The van der Waals surface area contributed by atoms with E-state index in [9.17, 15) is 0 Å². The lowest BCUT2D eigenvalue weighted by Crippen LogP contribution is -2.10. The van der Waals surface area contributed by atoms with Crippen molar-refractivity contribution in [2.24, 2.45) is 5.73 Å². The van der Waals surface area contributed by atoms with Gasteiger partial charge in [-0.1, -0.05) is 30.3 Å². The summed E-state index contributed by atoms with van der Waals surface area (Å²) in [6.45, 7) is 1.07. The van der Waals surface area contributed by atoms with E-state index in [-0.39, 0.29) is 0 Å². The van der Waals surface area contributed by atoms with Crippen LogP contribution in [0.3, 0.4) is 0 Å². The van der Waals surface area contributed by atoms with E-state index in [0.29, 0.717) is 13.2 Å². The highest BCUT2D eigenvalue weighted by Gasteiger charge is 2.05. The Labute approximate surface area is 140 Å². The molecule has 3 nitrogen and oxygen atoms in total. The van der Waals surface area contributed by atoms with Gasteiger partial charge >= 0.3 is 0 Å². The highest BCUT2D eigenvalue weighted by Crippen LogP contribution is 2.25. The fourth-order valence-electron chi connectivity index (χ4n) is 2.35. The summed E-state index contributed by atoms with van der Waals surface area (Å²) in [7, 11) is 0. The molecule has 0 unspecified atom stereocenters. The number of aromatic nitrogens is 1. The van der Waals surface area contributed by atoms with Gasteiger partial charge in [-0.15, -0.1) is 11.3 Å². The second-order valence-corrected chi connectivity index (χ2v) is 6.22. The average Bonchev–Trinajstić information content (AvgIpc) is 3.08. The largest absolute Gasteiger partial charge is 0.492 e. The third kappa shape index (κ3) is 4.41. The van der Waals surface area contributed by atoms with Crippen LogP contribution in [0.4, 0.5) is 0 Å². The highest BCUT2D eigenvalue weighted by atomic mass is 32.1. The van der Waals surface area contributed by atoms with E-state index in [4.69, 9.17) is 15.5 Å². The van der Waals surface area contributed by atoms with Gasteiger partial charge in [-0.2, -0.15) is 0 Å². The van der Waals surface area contributed by atoms with Crippen LogP contribution >= 0.6 is 11.3 Å². The van der Waals surface area contributed by atoms with Gasteiger partial charge in [0.2, 0.25) is 0 Å². The molecule has 0 aliphatic heterocycles. The van der Waals surface area contributed by atoms with E-state index in [0.717, 1.165) is 29.8 Å². The Kier molecular flexibility index (Phi) is 5.40. The third-order valence-corrected chi connectivity index (χ3v) is 4.47. The number of ether oxygens (including phenoxy) is 1. The van der Waals surface area contributed by atoms with Gasteiger partial charge in [0.25, 0.3) is 0 Å². The van der Waals surface area contributed by atoms with E-state index in [1.165, 1.54) is 10.6 Å². The summed E-state index contributed by atoms with van der Waals surface area (Å²) in [5, 5.41) is 3.29. The maximum Gasteiger partial charge on any atom is 0.119 e. The summed E-state index contributed by atoms with van der Waals surface area (Å²) in [6, 6.07) is 18.6. The normalized spacial score (nSPS) is 10.7. The number of aryl methyl sites for hydroxylation is 2. The number of benzene rings is 2. The molecule has 4 heteroatoms. The van der Waals surface area contributed by atoms with Crippen molar-refractivity contribution in [3.05, 3.63) is 70.5 Å². The minimum Gasteiger partial charge on any atom is -0.492 e. The molecule has 3 aromatic rings. The van der Waals surface area contributed by atoms with Crippen molar-refractivity contribution in [3.8, 4) is 17.0 Å². The molecule has 0 amide bonds. The van der Waals surface area contributed by atoms with Crippen LogP contribution in [-0.2, 0) is 12.8 Å². The van der Waals surface area contributed by atoms with Crippen molar-refractivity contribution in [2.45, 2.75) is 12.8 Å². The van der Waals surface area contributed by atoms with Crippen molar-refractivity contribution < 1.29 is 4.74 Å². The van der Waals surface area contributed by atoms with Crippen LogP contribution in [0.25, 0.3) is 11.3 Å². The van der Waals surface area contributed by atoms with Crippen molar-refractivity contribution in [3.63, 3.8) is 0 Å². The van der Waals surface area contributed by atoms with E-state index >= 15 is 0 Å². The Hall–Kier alpha value is -2.17. The lowest BCUT2D eigenvalue weighted by Gasteiger charge is -2.04. The molecule has 0 aliphatic carbocycles. The molecule has 0 radical (unpaired) electrons. The van der Waals surface area contributed by atoms with Crippen LogP contribution in [0.5, 0.6) is 5.75 Å². The number of hydrogen-bond donors (Lipinski definition) is 1. The van der Waals surface area contributed by atoms with Crippen molar-refractivity contribution in [2.75, 3.05) is 13.2 Å². The van der Waals surface area contributed by atoms with Gasteiger partial charge in [-0.25, -0.2) is 4.98 Å². The minimum absolute atomic E-state index is 0.526. The summed E-state index contributed by atoms with van der Waals surface area (Å²) in [5.74, 6) is 0.846. The van der Waals surface area contributed by atoms with Gasteiger partial charge in [0.05, 0.1) is 10.7 Å². The van der Waals surface area contributed by atoms with Gasteiger partial charge in [-0.05, 0) is 36.2 Å². The Morgan fingerprint density at radius 1 is 0.957 bits per heavy atom. The molecule has 0 saturated heterocycles. The minimum atomic E-state index is 0.526. The second kappa shape index (κ2) is 7.90. The fraction of sp³-hybridized carbons (Fsp3) is 0.211. The molecule has 0 spiro atoms. The Morgan fingerprint density at radius 2 is 1.74 bits per heavy atom. The molecule has 23 heavy (non-hydrogen) atoms. The summed E-state index contributed by atoms with van der Waals surface area (Å²) in [4.78, 5) is 4.75. The fourth-order valence-corrected chi connectivity index (χ4v) is 3.16. The second-order valence-electron chi connectivity index (χ2n) is 5.27. The van der Waals surface area contributed by atoms with E-state index in [1.807, 2.05) is 30.3 Å². The molecule has 2 aromatic carbocycles. The van der Waals surface area contributed by atoms with Gasteiger partial charge in [-0.3, -0.25) is 0 Å². The first-order valence-electron chi connectivity index (χ1n) is 7.77. The Bertz CT molecular complexity index is 723. The highest BCUT2D eigenvalue weighted by molar-refractivity contribution is 7.09. The van der Waals surface area contributed by atoms with Crippen molar-refractivity contribution in [1.29, 1.82) is 0 Å². The molecular weight excluding hydrogens is 304 g/mol. The average molecular weight is 324 g/mol. The molecule has 118 valence electrons. The predicted octanol–water partition coefficient (Wildman–Crippen LogP) is 3.93. The molecule has 2 N–H and O–H groups in total. The molecule has 1 aromatic heterocycles. The van der Waals surface area contributed by atoms with Crippen LogP contribution < -0.4 is 10.5 Å². The first-order chi connectivity index (χ1) is 11.3. The lowest BCUT2D eigenvalue weighted by atomic mass is 10.1. The standard InChI is InChI=1S/C19H20N2OS/c20-12-13-22-17-9-7-16(8-10-17)18-14-23-19(21-18)11-6-15-4-2-1-3-5-15/h1-5,7-10,14H,6,11-13,20H2. The third-order valence-electron chi connectivity index (χ3n) is 3.56. The quantitative estimate of drug-likeness (QED) is 0.716. The summed E-state index contributed by atoms with van der Waals surface area (Å²) < 4.78 is 5.50. The van der Waals surface area contributed by atoms with Crippen molar-refractivity contribution >= 4 is 11.3 Å². The molecule has 0 aliphatic rings. The zero-order valence-corrected chi connectivity index (χ0v) is 13.8. The summed E-state index contributed by atoms with van der Waals surface area (Å²) in [5.41, 5.74) is 8.94. The topological polar surface area (TPSA) is 48.1 Å². The Morgan fingerprint density at radius 3 is 2.48 bits per heavy atom. The number of hydrogen-bond acceptors (Lipinski definition) is 4. The molecular formula is C19H20N2OS. The van der Waals surface area contributed by atoms with Crippen LogP contribution in [0.1, 0.15) is 10.6 Å². The number of rotatable bonds is 7. The molecule has 1 heterocycles. The molecule has 0 atom stereocenters. The van der Waals surface area contributed by atoms with Gasteiger partial charge in [0, 0.05) is 23.9 Å². The zero-order valence-electron chi connectivity index (χ0n) is 12.9. The maximum absolute atomic E-state index is 5.50. The van der Waals surface area contributed by atoms with Crippen LogP contribution in [0.15, 0.2) is 60.0 Å². The first kappa shape index (κ1) is 15.7. The van der Waals surface area contributed by atoms with Crippen LogP contribution in [-0.4, -0.2) is 18.1 Å².